The predicted molar refractivity (Wildman–Crippen MR) is 76.6 cm³/mol. The molecule has 0 radical (unpaired) electrons. The van der Waals surface area contributed by atoms with Gasteiger partial charge in [-0.15, -0.1) is 0 Å². The molecule has 0 aliphatic carbocycles. The number of H-pyrrole nitrogens is 1. The van der Waals surface area contributed by atoms with Crippen LogP contribution in [-0.4, -0.2) is 9.78 Å². The number of hydrogen-bond acceptors (Lipinski definition) is 1. The number of aromatic nitrogens is 2. The molecule has 19 heavy (non-hydrogen) atoms. The Hall–Kier alpha value is -2.55. The summed E-state index contributed by atoms with van der Waals surface area (Å²) in [5, 5.41) is 2.89. The molecule has 1 N–H and O–H groups in total. The minimum absolute atomic E-state index is 0.0625. The first-order valence-corrected chi connectivity index (χ1v) is 6.20. The van der Waals surface area contributed by atoms with E-state index in [1.165, 1.54) is 0 Å². The number of nitrogens with zero attached hydrogens (tertiary/aromatic N) is 1. The molecule has 0 aliphatic heterocycles. The molecule has 2 aromatic carbocycles. The maximum atomic E-state index is 12.2. The summed E-state index contributed by atoms with van der Waals surface area (Å²) >= 11 is 0. The third-order valence-electron chi connectivity index (χ3n) is 3.21. The molecule has 0 spiro atoms. The topological polar surface area (TPSA) is 37.8 Å². The Labute approximate surface area is 111 Å². The van der Waals surface area contributed by atoms with Gasteiger partial charge in [0.05, 0.1) is 16.9 Å². The van der Waals surface area contributed by atoms with Crippen LogP contribution in [0.25, 0.3) is 16.8 Å². The summed E-state index contributed by atoms with van der Waals surface area (Å²) in [4.78, 5) is 12.2. The minimum Gasteiger partial charge on any atom is -0.267 e. The summed E-state index contributed by atoms with van der Waals surface area (Å²) in [5.74, 6) is 0. The average Bonchev–Trinajstić information content (AvgIpc) is 2.76. The zero-order valence-electron chi connectivity index (χ0n) is 10.6. The van der Waals surface area contributed by atoms with Crippen molar-refractivity contribution in [1.29, 1.82) is 0 Å². The largest absolute Gasteiger partial charge is 0.272 e. The van der Waals surface area contributed by atoms with Crippen molar-refractivity contribution in [1.82, 2.24) is 9.78 Å². The molecule has 0 atom stereocenters. The first-order chi connectivity index (χ1) is 9.27. The lowest BCUT2D eigenvalue weighted by Gasteiger charge is -2.05. The van der Waals surface area contributed by atoms with Gasteiger partial charge in [-0.05, 0) is 24.6 Å². The minimum atomic E-state index is -0.0625. The molecule has 0 unspecified atom stereocenters. The second-order valence-corrected chi connectivity index (χ2v) is 4.44. The van der Waals surface area contributed by atoms with E-state index in [0.29, 0.717) is 0 Å². The summed E-state index contributed by atoms with van der Waals surface area (Å²) in [7, 11) is 0. The molecule has 0 aliphatic rings. The number of benzene rings is 2. The van der Waals surface area contributed by atoms with Crippen molar-refractivity contribution < 1.29 is 0 Å². The maximum Gasteiger partial charge on any atom is 0.272 e. The number of para-hydroxylation sites is 1. The molecule has 3 nitrogen and oxygen atoms in total. The van der Waals surface area contributed by atoms with Crippen LogP contribution in [0.2, 0.25) is 0 Å². The van der Waals surface area contributed by atoms with Gasteiger partial charge in [0, 0.05) is 0 Å². The summed E-state index contributed by atoms with van der Waals surface area (Å²) in [6.07, 6.45) is 0. The van der Waals surface area contributed by atoms with Crippen LogP contribution in [-0.2, 0) is 0 Å². The summed E-state index contributed by atoms with van der Waals surface area (Å²) in [6.45, 7) is 1.95. The van der Waals surface area contributed by atoms with Crippen molar-refractivity contribution in [3.05, 3.63) is 76.7 Å². The third kappa shape index (κ3) is 1.99. The zero-order chi connectivity index (χ0) is 13.2. The van der Waals surface area contributed by atoms with Crippen LogP contribution in [0.4, 0.5) is 0 Å². The van der Waals surface area contributed by atoms with Gasteiger partial charge in [0.2, 0.25) is 0 Å². The highest BCUT2D eigenvalue weighted by atomic mass is 16.1. The van der Waals surface area contributed by atoms with E-state index >= 15 is 0 Å². The highest BCUT2D eigenvalue weighted by Gasteiger charge is 2.13. The fourth-order valence-corrected chi connectivity index (χ4v) is 2.30. The Bertz CT molecular complexity index is 739. The Balaban J connectivity index is 2.20. The zero-order valence-corrected chi connectivity index (χ0v) is 10.6. The molecule has 0 bridgehead atoms. The van der Waals surface area contributed by atoms with E-state index in [1.54, 1.807) is 0 Å². The van der Waals surface area contributed by atoms with Gasteiger partial charge in [0.15, 0.2) is 0 Å². The summed E-state index contributed by atoms with van der Waals surface area (Å²) < 4.78 is 1.82. The average molecular weight is 250 g/mol. The van der Waals surface area contributed by atoms with Gasteiger partial charge >= 0.3 is 0 Å². The van der Waals surface area contributed by atoms with Crippen molar-refractivity contribution in [2.24, 2.45) is 0 Å². The molecule has 1 heterocycles. The number of rotatable bonds is 2. The molecule has 0 saturated carbocycles. The van der Waals surface area contributed by atoms with Gasteiger partial charge in [-0.2, -0.15) is 0 Å². The van der Waals surface area contributed by atoms with Crippen molar-refractivity contribution in [2.75, 3.05) is 0 Å². The second kappa shape index (κ2) is 4.61. The van der Waals surface area contributed by atoms with Crippen LogP contribution in [0.5, 0.6) is 0 Å². The molecule has 94 valence electrons. The molecular formula is C16H14N2O. The van der Waals surface area contributed by atoms with Gasteiger partial charge in [0.1, 0.15) is 0 Å². The highest BCUT2D eigenvalue weighted by molar-refractivity contribution is 5.65. The van der Waals surface area contributed by atoms with Crippen molar-refractivity contribution in [3.8, 4) is 16.8 Å². The SMILES string of the molecule is Cc1c(-c2ccccc2)c(=O)[nH]n1-c1ccccc1. The van der Waals surface area contributed by atoms with Crippen LogP contribution in [0, 0.1) is 6.92 Å². The lowest BCUT2D eigenvalue weighted by Crippen LogP contribution is -2.05. The van der Waals surface area contributed by atoms with E-state index in [2.05, 4.69) is 5.10 Å². The van der Waals surface area contributed by atoms with Crippen LogP contribution in [0.1, 0.15) is 5.69 Å². The smallest absolute Gasteiger partial charge is 0.267 e. The van der Waals surface area contributed by atoms with Gasteiger partial charge in [0.25, 0.3) is 5.56 Å². The van der Waals surface area contributed by atoms with Gasteiger partial charge in [-0.25, -0.2) is 0 Å². The van der Waals surface area contributed by atoms with Gasteiger partial charge in [-0.3, -0.25) is 14.6 Å². The fourth-order valence-electron chi connectivity index (χ4n) is 2.30. The molecular weight excluding hydrogens is 236 g/mol. The molecule has 3 aromatic rings. The number of hydrogen-bond donors (Lipinski definition) is 1. The van der Waals surface area contributed by atoms with Crippen LogP contribution in [0.3, 0.4) is 0 Å². The lowest BCUT2D eigenvalue weighted by atomic mass is 10.1. The first kappa shape index (κ1) is 11.5. The maximum absolute atomic E-state index is 12.2. The Morgan fingerprint density at radius 1 is 0.895 bits per heavy atom. The summed E-state index contributed by atoms with van der Waals surface area (Å²) in [6, 6.07) is 19.5. The van der Waals surface area contributed by atoms with E-state index in [9.17, 15) is 4.79 Å². The molecule has 0 saturated heterocycles. The van der Waals surface area contributed by atoms with E-state index in [4.69, 9.17) is 0 Å². The first-order valence-electron chi connectivity index (χ1n) is 6.20. The van der Waals surface area contributed by atoms with Crippen LogP contribution < -0.4 is 5.56 Å². The molecule has 0 fully saturated rings. The van der Waals surface area contributed by atoms with Crippen LogP contribution in [0.15, 0.2) is 65.5 Å². The third-order valence-corrected chi connectivity index (χ3v) is 3.21. The van der Waals surface area contributed by atoms with Gasteiger partial charge < -0.3 is 0 Å². The Morgan fingerprint density at radius 2 is 1.47 bits per heavy atom. The molecule has 3 heteroatoms. The fraction of sp³-hybridized carbons (Fsp3) is 0.0625. The monoisotopic (exact) mass is 250 g/mol. The lowest BCUT2D eigenvalue weighted by molar-refractivity contribution is 0.834. The Kier molecular flexibility index (Phi) is 2.80. The standard InChI is InChI=1S/C16H14N2O/c1-12-15(13-8-4-2-5-9-13)16(19)17-18(12)14-10-6-3-7-11-14/h2-11H,1H3,(H,17,19). The summed E-state index contributed by atoms with van der Waals surface area (Å²) in [5.41, 5.74) is 3.48. The van der Waals surface area contributed by atoms with Crippen molar-refractivity contribution >= 4 is 0 Å². The van der Waals surface area contributed by atoms with Crippen molar-refractivity contribution in [2.45, 2.75) is 6.92 Å². The predicted octanol–water partition coefficient (Wildman–Crippen LogP) is 3.14. The van der Waals surface area contributed by atoms with Gasteiger partial charge in [-0.1, -0.05) is 48.5 Å². The quantitative estimate of drug-likeness (QED) is 0.745. The normalized spacial score (nSPS) is 10.6. The van der Waals surface area contributed by atoms with E-state index in [1.807, 2.05) is 72.3 Å². The molecule has 1 aromatic heterocycles. The van der Waals surface area contributed by atoms with E-state index in [0.717, 1.165) is 22.5 Å². The molecule has 0 amide bonds. The van der Waals surface area contributed by atoms with E-state index < -0.39 is 0 Å². The molecule has 3 rings (SSSR count). The highest BCUT2D eigenvalue weighted by Crippen LogP contribution is 2.21. The number of nitrogens with one attached hydrogen (secondary N) is 1. The van der Waals surface area contributed by atoms with E-state index in [-0.39, 0.29) is 5.56 Å². The van der Waals surface area contributed by atoms with Crippen LogP contribution >= 0.6 is 0 Å². The Morgan fingerprint density at radius 3 is 2.11 bits per heavy atom. The second-order valence-electron chi connectivity index (χ2n) is 4.44. The van der Waals surface area contributed by atoms with Crippen molar-refractivity contribution in [3.63, 3.8) is 0 Å². The number of aromatic amines is 1.